The van der Waals surface area contributed by atoms with Crippen LogP contribution in [0.25, 0.3) is 0 Å². The first-order valence-electron chi connectivity index (χ1n) is 4.89. The molecular weight excluding hydrogens is 178 g/mol. The minimum Gasteiger partial charge on any atom is -0.462 e. The third kappa shape index (κ3) is 3.21. The van der Waals surface area contributed by atoms with Gasteiger partial charge in [0.2, 0.25) is 0 Å². The van der Waals surface area contributed by atoms with Crippen molar-refractivity contribution in [3.63, 3.8) is 0 Å². The summed E-state index contributed by atoms with van der Waals surface area (Å²) in [7, 11) is 0. The molecule has 1 aliphatic rings. The lowest BCUT2D eigenvalue weighted by Gasteiger charge is -2.27. The van der Waals surface area contributed by atoms with Crippen molar-refractivity contribution >= 4 is 5.97 Å². The van der Waals surface area contributed by atoms with E-state index in [1.807, 2.05) is 6.08 Å². The van der Waals surface area contributed by atoms with Crippen molar-refractivity contribution in [2.24, 2.45) is 5.41 Å². The van der Waals surface area contributed by atoms with Gasteiger partial charge in [-0.1, -0.05) is 19.4 Å². The highest BCUT2D eigenvalue weighted by atomic mass is 16.5. The van der Waals surface area contributed by atoms with Crippen molar-refractivity contribution in [2.45, 2.75) is 32.6 Å². The van der Waals surface area contributed by atoms with Gasteiger partial charge in [0.25, 0.3) is 0 Å². The summed E-state index contributed by atoms with van der Waals surface area (Å²) in [6.07, 6.45) is 6.93. The third-order valence-electron chi connectivity index (χ3n) is 2.45. The molecule has 1 unspecified atom stereocenters. The Labute approximate surface area is 84.4 Å². The van der Waals surface area contributed by atoms with Gasteiger partial charge in [-0.25, -0.2) is 4.79 Å². The Balaban J connectivity index is 2.32. The average Bonchev–Trinajstić information content (AvgIpc) is 2.18. The van der Waals surface area contributed by atoms with E-state index in [1.54, 1.807) is 0 Å². The van der Waals surface area contributed by atoms with E-state index in [4.69, 9.17) is 10.00 Å². The molecule has 1 atom stereocenters. The number of hydrogen-bond acceptors (Lipinski definition) is 3. The van der Waals surface area contributed by atoms with E-state index < -0.39 is 0 Å². The van der Waals surface area contributed by atoms with E-state index in [9.17, 15) is 4.79 Å². The molecule has 0 amide bonds. The van der Waals surface area contributed by atoms with Gasteiger partial charge < -0.3 is 4.74 Å². The fourth-order valence-electron chi connectivity index (χ4n) is 1.49. The maximum Gasteiger partial charge on any atom is 0.330 e. The number of unbranched alkanes of at least 4 members (excludes halogenated alkanes) is 2. The Kier molecular flexibility index (Phi) is 3.70. The summed E-state index contributed by atoms with van der Waals surface area (Å²) in [4.78, 5) is 10.8. The number of hydrogen-bond donors (Lipinski definition) is 0. The van der Waals surface area contributed by atoms with Gasteiger partial charge in [-0.05, 0) is 12.8 Å². The van der Waals surface area contributed by atoms with Crippen LogP contribution in [-0.2, 0) is 9.53 Å². The molecule has 76 valence electrons. The Bertz CT molecular complexity index is 278. The Hall–Kier alpha value is -1.30. The molecule has 3 heteroatoms. The van der Waals surface area contributed by atoms with Crippen LogP contribution < -0.4 is 0 Å². The summed E-state index contributed by atoms with van der Waals surface area (Å²) in [6, 6.07) is 2.12. The van der Waals surface area contributed by atoms with Crippen molar-refractivity contribution in [3.8, 4) is 6.07 Å². The highest BCUT2D eigenvalue weighted by molar-refractivity contribution is 5.82. The molecular formula is C11H15NO2. The predicted octanol–water partition coefficient (Wildman–Crippen LogP) is 2.19. The second kappa shape index (κ2) is 4.80. The molecule has 0 saturated heterocycles. The van der Waals surface area contributed by atoms with Crippen molar-refractivity contribution in [1.82, 2.24) is 0 Å². The van der Waals surface area contributed by atoms with Crippen LogP contribution in [0.4, 0.5) is 0 Å². The van der Waals surface area contributed by atoms with E-state index >= 15 is 0 Å². The maximum atomic E-state index is 10.8. The summed E-state index contributed by atoms with van der Waals surface area (Å²) < 4.78 is 4.96. The lowest BCUT2D eigenvalue weighted by atomic mass is 9.84. The number of nitriles is 1. The zero-order chi connectivity index (χ0) is 10.4. The summed E-state index contributed by atoms with van der Waals surface area (Å²) in [5, 5.41) is 8.37. The highest BCUT2D eigenvalue weighted by Crippen LogP contribution is 2.29. The van der Waals surface area contributed by atoms with Crippen molar-refractivity contribution in [1.29, 1.82) is 5.26 Å². The van der Waals surface area contributed by atoms with E-state index in [2.05, 4.69) is 13.0 Å². The van der Waals surface area contributed by atoms with Crippen molar-refractivity contribution in [2.75, 3.05) is 6.61 Å². The number of carbonyl (C=O) groups excluding carboxylic acids is 1. The number of nitrogens with zero attached hydrogens (tertiary/aromatic N) is 1. The van der Waals surface area contributed by atoms with Gasteiger partial charge in [0.15, 0.2) is 0 Å². The van der Waals surface area contributed by atoms with Gasteiger partial charge in [-0.3, -0.25) is 0 Å². The lowest BCUT2D eigenvalue weighted by molar-refractivity contribution is -0.141. The Morgan fingerprint density at radius 3 is 3.00 bits per heavy atom. The second-order valence-electron chi connectivity index (χ2n) is 3.96. The lowest BCUT2D eigenvalue weighted by Crippen LogP contribution is -2.26. The van der Waals surface area contributed by atoms with Gasteiger partial charge in [-0.15, -0.1) is 0 Å². The molecule has 0 aromatic carbocycles. The molecule has 14 heavy (non-hydrogen) atoms. The molecule has 0 bridgehead atoms. The fraction of sp³-hybridized carbons (Fsp3) is 0.636. The van der Waals surface area contributed by atoms with Crippen LogP contribution in [0.15, 0.2) is 12.2 Å². The summed E-state index contributed by atoms with van der Waals surface area (Å²) in [6.45, 7) is 2.54. The minimum absolute atomic E-state index is 0.0244. The summed E-state index contributed by atoms with van der Waals surface area (Å²) >= 11 is 0. The number of carbonyl (C=O) groups is 1. The SMILES string of the molecule is CC1(CCCCC#N)C=CC(=O)OC1. The number of esters is 1. The molecule has 0 aromatic heterocycles. The first kappa shape index (κ1) is 10.8. The van der Waals surface area contributed by atoms with Crippen molar-refractivity contribution in [3.05, 3.63) is 12.2 Å². The zero-order valence-electron chi connectivity index (χ0n) is 8.45. The minimum atomic E-state index is -0.250. The molecule has 1 rings (SSSR count). The number of rotatable bonds is 4. The molecule has 0 saturated carbocycles. The van der Waals surface area contributed by atoms with Crippen LogP contribution in [0.5, 0.6) is 0 Å². The molecule has 0 fully saturated rings. The van der Waals surface area contributed by atoms with E-state index in [-0.39, 0.29) is 11.4 Å². The van der Waals surface area contributed by atoms with Crippen LogP contribution in [0.1, 0.15) is 32.6 Å². The van der Waals surface area contributed by atoms with E-state index in [0.717, 1.165) is 19.3 Å². The first-order valence-corrected chi connectivity index (χ1v) is 4.89. The van der Waals surface area contributed by atoms with Gasteiger partial charge in [0.05, 0.1) is 6.07 Å². The van der Waals surface area contributed by atoms with E-state index in [1.165, 1.54) is 6.08 Å². The second-order valence-corrected chi connectivity index (χ2v) is 3.96. The average molecular weight is 193 g/mol. The molecule has 0 spiro atoms. The number of ether oxygens (including phenoxy) is 1. The smallest absolute Gasteiger partial charge is 0.330 e. The van der Waals surface area contributed by atoms with Crippen LogP contribution in [0, 0.1) is 16.7 Å². The monoisotopic (exact) mass is 193 g/mol. The Morgan fingerprint density at radius 1 is 1.64 bits per heavy atom. The first-order chi connectivity index (χ1) is 6.66. The highest BCUT2D eigenvalue weighted by Gasteiger charge is 2.25. The quantitative estimate of drug-likeness (QED) is 0.508. The largest absolute Gasteiger partial charge is 0.462 e. The third-order valence-corrected chi connectivity index (χ3v) is 2.45. The number of cyclic esters (lactones) is 1. The fourth-order valence-corrected chi connectivity index (χ4v) is 1.49. The predicted molar refractivity (Wildman–Crippen MR) is 52.3 cm³/mol. The van der Waals surface area contributed by atoms with Crippen LogP contribution in [0.3, 0.4) is 0 Å². The van der Waals surface area contributed by atoms with Crippen LogP contribution >= 0.6 is 0 Å². The van der Waals surface area contributed by atoms with Crippen LogP contribution in [0.2, 0.25) is 0 Å². The molecule has 0 aromatic rings. The molecule has 0 radical (unpaired) electrons. The van der Waals surface area contributed by atoms with Gasteiger partial charge in [0, 0.05) is 17.9 Å². The van der Waals surface area contributed by atoms with Gasteiger partial charge in [0.1, 0.15) is 6.61 Å². The Morgan fingerprint density at radius 2 is 2.43 bits per heavy atom. The summed E-state index contributed by atoms with van der Waals surface area (Å²) in [5.41, 5.74) is -0.0244. The summed E-state index contributed by atoms with van der Waals surface area (Å²) in [5.74, 6) is -0.250. The normalized spacial score (nSPS) is 25.6. The van der Waals surface area contributed by atoms with Crippen molar-refractivity contribution < 1.29 is 9.53 Å². The van der Waals surface area contributed by atoms with E-state index in [0.29, 0.717) is 13.0 Å². The molecule has 1 heterocycles. The molecule has 0 aliphatic carbocycles. The van der Waals surface area contributed by atoms with Crippen LogP contribution in [-0.4, -0.2) is 12.6 Å². The zero-order valence-corrected chi connectivity index (χ0v) is 8.45. The van der Waals surface area contributed by atoms with Gasteiger partial charge in [-0.2, -0.15) is 5.26 Å². The molecule has 1 aliphatic heterocycles. The molecule has 0 N–H and O–H groups in total. The van der Waals surface area contributed by atoms with Gasteiger partial charge >= 0.3 is 5.97 Å². The topological polar surface area (TPSA) is 50.1 Å². The molecule has 3 nitrogen and oxygen atoms in total. The standard InChI is InChI=1S/C11H15NO2/c1-11(6-3-2-4-8-12)7-5-10(13)14-9-11/h5,7H,2-4,6,9H2,1H3. The maximum absolute atomic E-state index is 10.8.